The van der Waals surface area contributed by atoms with Crippen molar-refractivity contribution in [2.24, 2.45) is 0 Å². The molecule has 1 aliphatic rings. The van der Waals surface area contributed by atoms with E-state index < -0.39 is 17.4 Å². The molecule has 2 N–H and O–H groups in total. The second-order valence-corrected chi connectivity index (χ2v) is 8.57. The fraction of sp³-hybridized carbons (Fsp3) is 0.259. The average Bonchev–Trinajstić information content (AvgIpc) is 3.18. The number of nitrogens with one attached hydrogen (secondary N) is 1. The molecule has 170 valence electrons. The zero-order valence-electron chi connectivity index (χ0n) is 18.8. The first-order chi connectivity index (χ1) is 15.9. The number of carbonyl (C=O) groups excluding carboxylic acids is 2. The zero-order valence-corrected chi connectivity index (χ0v) is 18.8. The minimum Gasteiger partial charge on any atom is -0.489 e. The van der Waals surface area contributed by atoms with E-state index in [9.17, 15) is 9.59 Å². The molecular weight excluding hydrogens is 416 g/mol. The summed E-state index contributed by atoms with van der Waals surface area (Å²) >= 11 is 0. The van der Waals surface area contributed by atoms with Crippen molar-refractivity contribution in [3.8, 4) is 16.9 Å². The smallest absolute Gasteiger partial charge is 0.265 e. The highest BCUT2D eigenvalue weighted by Crippen LogP contribution is 2.37. The Kier molecular flexibility index (Phi) is 6.47. The Morgan fingerprint density at radius 1 is 1.06 bits per heavy atom. The molecule has 1 aliphatic heterocycles. The average molecular weight is 445 g/mol. The van der Waals surface area contributed by atoms with E-state index in [1.54, 1.807) is 12.4 Å². The van der Waals surface area contributed by atoms with Gasteiger partial charge in [0.25, 0.3) is 5.91 Å². The summed E-state index contributed by atoms with van der Waals surface area (Å²) in [6.07, 6.45) is 0.597. The van der Waals surface area contributed by atoms with Crippen LogP contribution in [0.3, 0.4) is 0 Å². The molecule has 1 heterocycles. The van der Waals surface area contributed by atoms with Crippen LogP contribution in [0.15, 0.2) is 78.9 Å². The van der Waals surface area contributed by atoms with Crippen LogP contribution in [0, 0.1) is 0 Å². The fourth-order valence-electron chi connectivity index (χ4n) is 4.37. The summed E-state index contributed by atoms with van der Waals surface area (Å²) in [4.78, 5) is 26.4. The number of hydrogen-bond acceptors (Lipinski definition) is 4. The van der Waals surface area contributed by atoms with Gasteiger partial charge in [0.05, 0.1) is 5.41 Å². The van der Waals surface area contributed by atoms with Crippen LogP contribution >= 0.6 is 0 Å². The third kappa shape index (κ3) is 4.47. The zero-order chi connectivity index (χ0) is 23.4. The molecule has 2 amide bonds. The Morgan fingerprint density at radius 3 is 2.42 bits per heavy atom. The second kappa shape index (κ2) is 9.46. The molecule has 0 radical (unpaired) electrons. The number of likely N-dealkylation sites (tertiary alicyclic amines) is 1. The first kappa shape index (κ1) is 22.6. The third-order valence-corrected chi connectivity index (χ3v) is 6.53. The fourth-order valence-corrected chi connectivity index (χ4v) is 4.37. The molecule has 3 aromatic carbocycles. The highest BCUT2D eigenvalue weighted by molar-refractivity contribution is 5.94. The first-order valence-electron chi connectivity index (χ1n) is 11.1. The van der Waals surface area contributed by atoms with Crippen molar-refractivity contribution in [2.75, 3.05) is 6.54 Å². The second-order valence-electron chi connectivity index (χ2n) is 8.57. The largest absolute Gasteiger partial charge is 0.489 e. The van der Waals surface area contributed by atoms with E-state index in [0.29, 0.717) is 19.6 Å². The maximum atomic E-state index is 13.1. The van der Waals surface area contributed by atoms with Gasteiger partial charge in [0.2, 0.25) is 5.91 Å². The molecule has 2 unspecified atom stereocenters. The molecular formula is C27H28N2O4. The van der Waals surface area contributed by atoms with E-state index in [4.69, 9.17) is 9.94 Å². The van der Waals surface area contributed by atoms with Gasteiger partial charge in [-0.05, 0) is 54.7 Å². The molecule has 4 rings (SSSR count). The number of hydroxylamine groups is 1. The minimum absolute atomic E-state index is 0.121. The third-order valence-electron chi connectivity index (χ3n) is 6.53. The first-order valence-corrected chi connectivity index (χ1v) is 11.1. The maximum Gasteiger partial charge on any atom is 0.265 e. The minimum atomic E-state index is -0.725. The lowest BCUT2D eigenvalue weighted by Crippen LogP contribution is -2.47. The van der Waals surface area contributed by atoms with Crippen molar-refractivity contribution < 1.29 is 19.5 Å². The van der Waals surface area contributed by atoms with Crippen LogP contribution in [0.25, 0.3) is 11.1 Å². The molecule has 0 bridgehead atoms. The van der Waals surface area contributed by atoms with Gasteiger partial charge in [0.1, 0.15) is 18.4 Å². The standard InChI is InChI=1S/C27H28N2O4/c1-19(25(30)28-32)29-17-16-27(2,26(29)31)22-12-14-23(15-13-22)33-18-21-10-6-7-11-24(21)20-8-4-3-5-9-20/h3-15,19,32H,16-18H2,1-2H3,(H,28,30). The van der Waals surface area contributed by atoms with Gasteiger partial charge in [-0.15, -0.1) is 0 Å². The Bertz CT molecular complexity index is 1130. The SMILES string of the molecule is CC(C(=O)NO)N1CCC(C)(c2ccc(OCc3ccccc3-c3ccccc3)cc2)C1=O. The maximum absolute atomic E-state index is 13.1. The van der Waals surface area contributed by atoms with Crippen molar-refractivity contribution >= 4 is 11.8 Å². The molecule has 0 spiro atoms. The number of amides is 2. The summed E-state index contributed by atoms with van der Waals surface area (Å²) in [6, 6.07) is 25.3. The number of benzene rings is 3. The molecule has 6 nitrogen and oxygen atoms in total. The topological polar surface area (TPSA) is 78.9 Å². The Hall–Kier alpha value is -3.64. The highest BCUT2D eigenvalue weighted by atomic mass is 16.5. The summed E-state index contributed by atoms with van der Waals surface area (Å²) in [5, 5.41) is 8.89. The molecule has 1 fully saturated rings. The van der Waals surface area contributed by atoms with E-state index in [1.165, 1.54) is 4.90 Å². The van der Waals surface area contributed by atoms with Crippen LogP contribution in [-0.4, -0.2) is 34.5 Å². The number of carbonyl (C=O) groups is 2. The van der Waals surface area contributed by atoms with Crippen molar-refractivity contribution in [1.82, 2.24) is 10.4 Å². The molecule has 33 heavy (non-hydrogen) atoms. The van der Waals surface area contributed by atoms with Gasteiger partial charge in [-0.1, -0.05) is 66.7 Å². The Morgan fingerprint density at radius 2 is 1.73 bits per heavy atom. The predicted octanol–water partition coefficient (Wildman–Crippen LogP) is 4.32. The van der Waals surface area contributed by atoms with Crippen LogP contribution in [0.1, 0.15) is 31.4 Å². The summed E-state index contributed by atoms with van der Waals surface area (Å²) in [6.45, 7) is 4.39. The van der Waals surface area contributed by atoms with Crippen molar-refractivity contribution in [3.05, 3.63) is 90.0 Å². The van der Waals surface area contributed by atoms with Crippen LogP contribution in [0.4, 0.5) is 0 Å². The molecule has 0 saturated carbocycles. The summed E-state index contributed by atoms with van der Waals surface area (Å²) in [7, 11) is 0. The normalized spacial score (nSPS) is 18.8. The van der Waals surface area contributed by atoms with E-state index in [0.717, 1.165) is 28.0 Å². The van der Waals surface area contributed by atoms with Gasteiger partial charge in [-0.2, -0.15) is 0 Å². The number of hydrogen-bond donors (Lipinski definition) is 2. The number of ether oxygens (including phenoxy) is 1. The molecule has 0 aliphatic carbocycles. The lowest BCUT2D eigenvalue weighted by atomic mass is 9.81. The number of nitrogens with zero attached hydrogens (tertiary/aromatic N) is 1. The van der Waals surface area contributed by atoms with Gasteiger partial charge in [0, 0.05) is 6.54 Å². The lowest BCUT2D eigenvalue weighted by molar-refractivity contribution is -0.143. The lowest BCUT2D eigenvalue weighted by Gasteiger charge is -2.27. The summed E-state index contributed by atoms with van der Waals surface area (Å²) in [5.74, 6) is 0.0109. The Balaban J connectivity index is 1.46. The monoisotopic (exact) mass is 444 g/mol. The van der Waals surface area contributed by atoms with Crippen LogP contribution in [0.5, 0.6) is 5.75 Å². The summed E-state index contributed by atoms with van der Waals surface area (Å²) in [5.41, 5.74) is 5.17. The quantitative estimate of drug-likeness (QED) is 0.420. The van der Waals surface area contributed by atoms with Crippen molar-refractivity contribution in [1.29, 1.82) is 0 Å². The van der Waals surface area contributed by atoms with Gasteiger partial charge in [0.15, 0.2) is 0 Å². The summed E-state index contributed by atoms with van der Waals surface area (Å²) < 4.78 is 6.06. The molecule has 1 saturated heterocycles. The van der Waals surface area contributed by atoms with Crippen LogP contribution < -0.4 is 10.2 Å². The van der Waals surface area contributed by atoms with Crippen LogP contribution in [0.2, 0.25) is 0 Å². The van der Waals surface area contributed by atoms with Gasteiger partial charge in [-0.25, -0.2) is 5.48 Å². The van der Waals surface area contributed by atoms with Crippen molar-refractivity contribution in [3.63, 3.8) is 0 Å². The van der Waals surface area contributed by atoms with Crippen LogP contribution in [-0.2, 0) is 21.6 Å². The molecule has 6 heteroatoms. The van der Waals surface area contributed by atoms with Gasteiger partial charge in [-0.3, -0.25) is 14.8 Å². The molecule has 3 aromatic rings. The van der Waals surface area contributed by atoms with E-state index in [2.05, 4.69) is 24.3 Å². The predicted molar refractivity (Wildman–Crippen MR) is 126 cm³/mol. The van der Waals surface area contributed by atoms with E-state index >= 15 is 0 Å². The number of rotatable bonds is 7. The van der Waals surface area contributed by atoms with Crippen molar-refractivity contribution in [2.45, 2.75) is 38.3 Å². The van der Waals surface area contributed by atoms with E-state index in [-0.39, 0.29) is 5.91 Å². The van der Waals surface area contributed by atoms with Gasteiger partial charge >= 0.3 is 0 Å². The Labute approximate surface area is 193 Å². The van der Waals surface area contributed by atoms with E-state index in [1.807, 2.05) is 61.5 Å². The highest BCUT2D eigenvalue weighted by Gasteiger charge is 2.46. The van der Waals surface area contributed by atoms with Gasteiger partial charge < -0.3 is 9.64 Å². The molecule has 0 aromatic heterocycles. The molecule has 2 atom stereocenters.